The molecule has 0 atom stereocenters. The van der Waals surface area contributed by atoms with E-state index < -0.39 is 0 Å². The maximum Gasteiger partial charge on any atom is 0.282 e. The Morgan fingerprint density at radius 2 is 1.73 bits per heavy atom. The van der Waals surface area contributed by atoms with E-state index in [0.29, 0.717) is 24.1 Å². The maximum atomic E-state index is 12.9. The van der Waals surface area contributed by atoms with Gasteiger partial charge in [0.2, 0.25) is 0 Å². The van der Waals surface area contributed by atoms with Gasteiger partial charge in [-0.25, -0.2) is 4.98 Å². The number of likely N-dealkylation sites (tertiary alicyclic amines) is 1. The molecule has 3 aromatic rings. The van der Waals surface area contributed by atoms with Crippen LogP contribution in [0.1, 0.15) is 20.2 Å². The molecule has 30 heavy (non-hydrogen) atoms. The van der Waals surface area contributed by atoms with Crippen molar-refractivity contribution in [2.75, 3.05) is 39.3 Å². The van der Waals surface area contributed by atoms with Crippen LogP contribution in [-0.4, -0.2) is 76.8 Å². The average Bonchev–Trinajstić information content (AvgIpc) is 3.47. The van der Waals surface area contributed by atoms with Gasteiger partial charge in [0.15, 0.2) is 5.01 Å². The number of benzene rings is 1. The average molecular weight is 439 g/mol. The SMILES string of the molecule is O=C(c1cccc(-c2cccs2)c1)N1CC(N2CCN(C(=O)c3nccs3)CC2)C1. The molecule has 5 rings (SSSR count). The smallest absolute Gasteiger partial charge is 0.282 e. The Balaban J connectivity index is 1.14. The van der Waals surface area contributed by atoms with Crippen molar-refractivity contribution in [3.8, 4) is 10.4 Å². The number of thiophene rings is 1. The lowest BCUT2D eigenvalue weighted by Gasteiger charge is -2.48. The molecule has 0 aliphatic carbocycles. The highest BCUT2D eigenvalue weighted by Crippen LogP contribution is 2.27. The molecule has 0 N–H and O–H groups in total. The number of carbonyl (C=O) groups is 2. The lowest BCUT2D eigenvalue weighted by atomic mass is 10.0. The van der Waals surface area contributed by atoms with E-state index in [1.165, 1.54) is 16.2 Å². The number of nitrogens with zero attached hydrogens (tertiary/aromatic N) is 4. The number of rotatable bonds is 4. The van der Waals surface area contributed by atoms with E-state index in [0.717, 1.165) is 37.3 Å². The molecule has 8 heteroatoms. The van der Waals surface area contributed by atoms with Crippen LogP contribution < -0.4 is 0 Å². The Morgan fingerprint density at radius 3 is 2.43 bits per heavy atom. The fourth-order valence-corrected chi connectivity index (χ4v) is 5.36. The van der Waals surface area contributed by atoms with Crippen molar-refractivity contribution in [2.45, 2.75) is 6.04 Å². The van der Waals surface area contributed by atoms with Crippen molar-refractivity contribution in [3.05, 3.63) is 63.9 Å². The molecule has 0 bridgehead atoms. The summed E-state index contributed by atoms with van der Waals surface area (Å²) in [5.41, 5.74) is 1.84. The summed E-state index contributed by atoms with van der Waals surface area (Å²) >= 11 is 3.07. The van der Waals surface area contributed by atoms with Crippen molar-refractivity contribution in [1.29, 1.82) is 0 Å². The lowest BCUT2D eigenvalue weighted by Crippen LogP contribution is -2.64. The van der Waals surface area contributed by atoms with Crippen LogP contribution in [0.2, 0.25) is 0 Å². The molecule has 0 radical (unpaired) electrons. The quantitative estimate of drug-likeness (QED) is 0.628. The Hall–Kier alpha value is -2.55. The first-order valence-electron chi connectivity index (χ1n) is 10.0. The third kappa shape index (κ3) is 3.78. The second-order valence-corrected chi connectivity index (χ2v) is 9.43. The molecule has 6 nitrogen and oxygen atoms in total. The van der Waals surface area contributed by atoms with Crippen molar-refractivity contribution in [3.63, 3.8) is 0 Å². The molecule has 2 aliphatic heterocycles. The van der Waals surface area contributed by atoms with Crippen molar-refractivity contribution >= 4 is 34.5 Å². The molecule has 0 saturated carbocycles. The molecule has 2 saturated heterocycles. The van der Waals surface area contributed by atoms with E-state index >= 15 is 0 Å². The fraction of sp³-hybridized carbons (Fsp3) is 0.318. The minimum absolute atomic E-state index is 0.0284. The lowest BCUT2D eigenvalue weighted by molar-refractivity contribution is 0.00853. The Bertz CT molecular complexity index is 1020. The first kappa shape index (κ1) is 19.4. The highest BCUT2D eigenvalue weighted by atomic mass is 32.1. The summed E-state index contributed by atoms with van der Waals surface area (Å²) in [4.78, 5) is 36.8. The molecule has 2 aliphatic rings. The summed E-state index contributed by atoms with van der Waals surface area (Å²) in [5.74, 6) is 0.128. The van der Waals surface area contributed by atoms with Gasteiger partial charge in [-0.3, -0.25) is 14.5 Å². The molecular formula is C22H22N4O2S2. The van der Waals surface area contributed by atoms with E-state index in [9.17, 15) is 9.59 Å². The number of hydrogen-bond donors (Lipinski definition) is 0. The van der Waals surface area contributed by atoms with Crippen LogP contribution >= 0.6 is 22.7 Å². The van der Waals surface area contributed by atoms with Gasteiger partial charge in [0.1, 0.15) is 0 Å². The zero-order valence-electron chi connectivity index (χ0n) is 16.4. The second-order valence-electron chi connectivity index (χ2n) is 7.59. The fourth-order valence-electron chi connectivity index (χ4n) is 4.04. The van der Waals surface area contributed by atoms with Gasteiger partial charge in [-0.15, -0.1) is 22.7 Å². The largest absolute Gasteiger partial charge is 0.335 e. The standard InChI is InChI=1S/C22H22N4O2S2/c27-21(17-4-1-3-16(13-17)19-5-2-11-29-19)26-14-18(15-26)24-7-9-25(10-8-24)22(28)20-23-6-12-30-20/h1-6,11-13,18H,7-10,14-15H2. The zero-order chi connectivity index (χ0) is 20.5. The van der Waals surface area contributed by atoms with Crippen LogP contribution in [0.3, 0.4) is 0 Å². The first-order chi connectivity index (χ1) is 14.7. The van der Waals surface area contributed by atoms with Gasteiger partial charge in [-0.1, -0.05) is 18.2 Å². The van der Waals surface area contributed by atoms with Crippen LogP contribution in [0.25, 0.3) is 10.4 Å². The van der Waals surface area contributed by atoms with Crippen LogP contribution in [0.4, 0.5) is 0 Å². The number of hydrogen-bond acceptors (Lipinski definition) is 6. The highest BCUT2D eigenvalue weighted by molar-refractivity contribution is 7.13. The van der Waals surface area contributed by atoms with Gasteiger partial charge in [0, 0.05) is 67.3 Å². The van der Waals surface area contributed by atoms with Gasteiger partial charge >= 0.3 is 0 Å². The molecule has 0 spiro atoms. The predicted molar refractivity (Wildman–Crippen MR) is 119 cm³/mol. The number of aromatic nitrogens is 1. The summed E-state index contributed by atoms with van der Waals surface area (Å²) in [7, 11) is 0. The van der Waals surface area contributed by atoms with Crippen LogP contribution in [-0.2, 0) is 0 Å². The van der Waals surface area contributed by atoms with Crippen LogP contribution in [0.5, 0.6) is 0 Å². The molecule has 0 unspecified atom stereocenters. The van der Waals surface area contributed by atoms with Crippen molar-refractivity contribution in [1.82, 2.24) is 19.7 Å². The summed E-state index contributed by atoms with van der Waals surface area (Å²) in [6.07, 6.45) is 1.67. The minimum Gasteiger partial charge on any atom is -0.335 e. The Kier molecular flexibility index (Phi) is 5.37. The van der Waals surface area contributed by atoms with E-state index in [4.69, 9.17) is 0 Å². The van der Waals surface area contributed by atoms with Gasteiger partial charge < -0.3 is 9.80 Å². The summed E-state index contributed by atoms with van der Waals surface area (Å²) in [6, 6.07) is 12.4. The number of thiazole rings is 1. The van der Waals surface area contributed by atoms with E-state index in [2.05, 4.69) is 16.0 Å². The van der Waals surface area contributed by atoms with E-state index in [1.54, 1.807) is 17.5 Å². The van der Waals surface area contributed by atoms with E-state index in [-0.39, 0.29) is 11.8 Å². The van der Waals surface area contributed by atoms with Gasteiger partial charge in [-0.05, 0) is 29.1 Å². The summed E-state index contributed by atoms with van der Waals surface area (Å²) in [5, 5.41) is 4.45. The van der Waals surface area contributed by atoms with Crippen LogP contribution in [0, 0.1) is 0 Å². The molecular weight excluding hydrogens is 416 g/mol. The van der Waals surface area contributed by atoms with Gasteiger partial charge in [0.25, 0.3) is 11.8 Å². The monoisotopic (exact) mass is 438 g/mol. The molecule has 2 aromatic heterocycles. The third-order valence-electron chi connectivity index (χ3n) is 5.80. The van der Waals surface area contributed by atoms with E-state index in [1.807, 2.05) is 50.9 Å². The predicted octanol–water partition coefficient (Wildman–Crippen LogP) is 3.15. The third-order valence-corrected chi connectivity index (χ3v) is 7.48. The Morgan fingerprint density at radius 1 is 0.900 bits per heavy atom. The molecule has 2 fully saturated rings. The van der Waals surface area contributed by atoms with Crippen molar-refractivity contribution in [2.24, 2.45) is 0 Å². The van der Waals surface area contributed by atoms with Crippen molar-refractivity contribution < 1.29 is 9.59 Å². The number of amides is 2. The summed E-state index contributed by atoms with van der Waals surface area (Å²) in [6.45, 7) is 4.62. The highest BCUT2D eigenvalue weighted by Gasteiger charge is 2.37. The molecule has 154 valence electrons. The van der Waals surface area contributed by atoms with Gasteiger partial charge in [-0.2, -0.15) is 0 Å². The minimum atomic E-state index is 0.0284. The first-order valence-corrected chi connectivity index (χ1v) is 11.8. The molecule has 2 amide bonds. The second kappa shape index (κ2) is 8.29. The normalized spacial score (nSPS) is 17.7. The summed E-state index contributed by atoms with van der Waals surface area (Å²) < 4.78 is 0. The van der Waals surface area contributed by atoms with Gasteiger partial charge in [0.05, 0.1) is 0 Å². The number of piperazine rings is 1. The topological polar surface area (TPSA) is 56.8 Å². The molecule has 1 aromatic carbocycles. The number of carbonyl (C=O) groups excluding carboxylic acids is 2. The molecule has 4 heterocycles. The zero-order valence-corrected chi connectivity index (χ0v) is 18.1. The Labute approximate surface area is 183 Å². The van der Waals surface area contributed by atoms with Crippen LogP contribution in [0.15, 0.2) is 53.4 Å². The maximum absolute atomic E-state index is 12.9.